The Morgan fingerprint density at radius 1 is 1.11 bits per heavy atom. The molecule has 0 saturated carbocycles. The monoisotopic (exact) mass is 244 g/mol. The molecule has 0 amide bonds. The summed E-state index contributed by atoms with van der Waals surface area (Å²) < 4.78 is 1.76. The highest BCUT2D eigenvalue weighted by molar-refractivity contribution is 5.62. The van der Waals surface area contributed by atoms with E-state index in [2.05, 4.69) is 50.1 Å². The topological polar surface area (TPSA) is 38.0 Å². The molecule has 0 aliphatic carbocycles. The van der Waals surface area contributed by atoms with Gasteiger partial charge in [0.05, 0.1) is 19.3 Å². The lowest BCUT2D eigenvalue weighted by Crippen LogP contribution is -2.10. The number of hydrogen-bond acceptors (Lipinski definition) is 2. The summed E-state index contributed by atoms with van der Waals surface area (Å²) in [6.07, 6.45) is 3.80. The molecule has 1 N–H and O–H groups in total. The van der Waals surface area contributed by atoms with Crippen LogP contribution in [0.15, 0.2) is 36.7 Å². The number of rotatable bonds is 3. The third kappa shape index (κ3) is 2.79. The quantitative estimate of drug-likeness (QED) is 0.901. The van der Waals surface area contributed by atoms with Gasteiger partial charge >= 0.3 is 0 Å². The molecule has 0 fully saturated rings. The molecule has 3 heteroatoms. The Morgan fingerprint density at radius 2 is 1.78 bits per heavy atom. The first-order chi connectivity index (χ1) is 8.50. The Morgan fingerprint density at radius 3 is 2.33 bits per heavy atom. The molecule has 1 aromatic heterocycles. The molecule has 0 radical (unpaired) electrons. The van der Waals surface area contributed by atoms with E-state index in [0.29, 0.717) is 6.54 Å². The van der Waals surface area contributed by atoms with Crippen LogP contribution in [0.5, 0.6) is 0 Å². The standard InChI is InChI=1S/C15H20N2O/c1-15(2,3)14-6-4-12(5-7-14)13-10-16-17(11-13)8-9-18/h4-7,10-11,18H,8-9H2,1-3H3. The molecule has 1 aromatic carbocycles. The van der Waals surface area contributed by atoms with Crippen LogP contribution in [0.25, 0.3) is 11.1 Å². The van der Waals surface area contributed by atoms with Crippen molar-refractivity contribution < 1.29 is 5.11 Å². The smallest absolute Gasteiger partial charge is 0.0641 e. The molecular weight excluding hydrogens is 224 g/mol. The first kappa shape index (κ1) is 12.8. The normalized spacial score (nSPS) is 11.8. The van der Waals surface area contributed by atoms with E-state index >= 15 is 0 Å². The van der Waals surface area contributed by atoms with Gasteiger partial charge in [-0.05, 0) is 16.5 Å². The van der Waals surface area contributed by atoms with Crippen LogP contribution in [-0.2, 0) is 12.0 Å². The van der Waals surface area contributed by atoms with E-state index < -0.39 is 0 Å². The molecule has 0 atom stereocenters. The van der Waals surface area contributed by atoms with Crippen molar-refractivity contribution in [2.24, 2.45) is 0 Å². The highest BCUT2D eigenvalue weighted by Crippen LogP contribution is 2.25. The fourth-order valence-corrected chi connectivity index (χ4v) is 1.90. The second kappa shape index (κ2) is 4.94. The van der Waals surface area contributed by atoms with Crippen molar-refractivity contribution in [3.05, 3.63) is 42.2 Å². The van der Waals surface area contributed by atoms with Crippen LogP contribution >= 0.6 is 0 Å². The van der Waals surface area contributed by atoms with Gasteiger partial charge in [-0.3, -0.25) is 4.68 Å². The van der Waals surface area contributed by atoms with Gasteiger partial charge in [0.1, 0.15) is 0 Å². The Labute approximate surface area is 108 Å². The van der Waals surface area contributed by atoms with Crippen molar-refractivity contribution in [3.8, 4) is 11.1 Å². The second-order valence-electron chi connectivity index (χ2n) is 5.54. The molecule has 3 nitrogen and oxygen atoms in total. The molecule has 0 aliphatic heterocycles. The van der Waals surface area contributed by atoms with Gasteiger partial charge in [0.2, 0.25) is 0 Å². The number of aliphatic hydroxyl groups excluding tert-OH is 1. The molecule has 18 heavy (non-hydrogen) atoms. The molecule has 0 saturated heterocycles. The summed E-state index contributed by atoms with van der Waals surface area (Å²) in [5, 5.41) is 13.1. The van der Waals surface area contributed by atoms with Crippen LogP contribution in [0, 0.1) is 0 Å². The lowest BCUT2D eigenvalue weighted by Gasteiger charge is -2.18. The van der Waals surface area contributed by atoms with Gasteiger partial charge in [-0.1, -0.05) is 45.0 Å². The summed E-state index contributed by atoms with van der Waals surface area (Å²) in [5.41, 5.74) is 3.75. The number of benzene rings is 1. The minimum Gasteiger partial charge on any atom is -0.394 e. The van der Waals surface area contributed by atoms with Gasteiger partial charge < -0.3 is 5.11 Å². The van der Waals surface area contributed by atoms with E-state index in [4.69, 9.17) is 5.11 Å². The molecule has 1 heterocycles. The zero-order valence-corrected chi connectivity index (χ0v) is 11.2. The van der Waals surface area contributed by atoms with Crippen LogP contribution in [-0.4, -0.2) is 21.5 Å². The second-order valence-corrected chi connectivity index (χ2v) is 5.54. The molecule has 0 spiro atoms. The van der Waals surface area contributed by atoms with Crippen LogP contribution in [0.1, 0.15) is 26.3 Å². The van der Waals surface area contributed by atoms with Gasteiger partial charge in [-0.2, -0.15) is 5.10 Å². The van der Waals surface area contributed by atoms with Crippen molar-refractivity contribution in [2.75, 3.05) is 6.61 Å². The van der Waals surface area contributed by atoms with Crippen molar-refractivity contribution in [2.45, 2.75) is 32.7 Å². The fraction of sp³-hybridized carbons (Fsp3) is 0.400. The molecule has 0 bridgehead atoms. The summed E-state index contributed by atoms with van der Waals surface area (Å²) in [6.45, 7) is 7.29. The average Bonchev–Trinajstić information content (AvgIpc) is 2.77. The molecule has 96 valence electrons. The third-order valence-corrected chi connectivity index (χ3v) is 3.05. The van der Waals surface area contributed by atoms with E-state index in [0.717, 1.165) is 11.1 Å². The van der Waals surface area contributed by atoms with Crippen LogP contribution in [0.3, 0.4) is 0 Å². The van der Waals surface area contributed by atoms with E-state index in [1.165, 1.54) is 5.56 Å². The number of nitrogens with zero attached hydrogens (tertiary/aromatic N) is 2. The predicted octanol–water partition coefficient (Wildman–Crippen LogP) is 2.84. The highest BCUT2D eigenvalue weighted by Gasteiger charge is 2.13. The van der Waals surface area contributed by atoms with Gasteiger partial charge in [-0.25, -0.2) is 0 Å². The van der Waals surface area contributed by atoms with E-state index in [-0.39, 0.29) is 12.0 Å². The maximum atomic E-state index is 8.86. The van der Waals surface area contributed by atoms with E-state index in [1.54, 1.807) is 4.68 Å². The first-order valence-corrected chi connectivity index (χ1v) is 6.25. The van der Waals surface area contributed by atoms with Crippen LogP contribution in [0.2, 0.25) is 0 Å². The summed E-state index contributed by atoms with van der Waals surface area (Å²) in [5.74, 6) is 0. The number of aliphatic hydroxyl groups is 1. The molecule has 2 aromatic rings. The van der Waals surface area contributed by atoms with Gasteiger partial charge in [0.25, 0.3) is 0 Å². The zero-order chi connectivity index (χ0) is 13.2. The Kier molecular flexibility index (Phi) is 3.53. The molecular formula is C15H20N2O. The van der Waals surface area contributed by atoms with E-state index in [9.17, 15) is 0 Å². The maximum Gasteiger partial charge on any atom is 0.0641 e. The fourth-order valence-electron chi connectivity index (χ4n) is 1.90. The third-order valence-electron chi connectivity index (χ3n) is 3.05. The summed E-state index contributed by atoms with van der Waals surface area (Å²) in [6, 6.07) is 8.58. The highest BCUT2D eigenvalue weighted by atomic mass is 16.3. The van der Waals surface area contributed by atoms with Gasteiger partial charge in [-0.15, -0.1) is 0 Å². The zero-order valence-electron chi connectivity index (χ0n) is 11.2. The molecule has 2 rings (SSSR count). The lowest BCUT2D eigenvalue weighted by molar-refractivity contribution is 0.269. The van der Waals surface area contributed by atoms with Crippen molar-refractivity contribution in [1.29, 1.82) is 0 Å². The maximum absolute atomic E-state index is 8.86. The Balaban J connectivity index is 2.23. The first-order valence-electron chi connectivity index (χ1n) is 6.25. The summed E-state index contributed by atoms with van der Waals surface area (Å²) >= 11 is 0. The minimum atomic E-state index is 0.115. The largest absolute Gasteiger partial charge is 0.394 e. The van der Waals surface area contributed by atoms with Crippen molar-refractivity contribution in [1.82, 2.24) is 9.78 Å². The SMILES string of the molecule is CC(C)(C)c1ccc(-c2cnn(CCO)c2)cc1. The van der Waals surface area contributed by atoms with Crippen LogP contribution in [0.4, 0.5) is 0 Å². The van der Waals surface area contributed by atoms with Gasteiger partial charge in [0.15, 0.2) is 0 Å². The molecule has 0 aliphatic rings. The summed E-state index contributed by atoms with van der Waals surface area (Å²) in [7, 11) is 0. The minimum absolute atomic E-state index is 0.115. The predicted molar refractivity (Wildman–Crippen MR) is 73.4 cm³/mol. The van der Waals surface area contributed by atoms with Gasteiger partial charge in [0, 0.05) is 11.8 Å². The van der Waals surface area contributed by atoms with Crippen molar-refractivity contribution in [3.63, 3.8) is 0 Å². The van der Waals surface area contributed by atoms with E-state index in [1.807, 2.05) is 12.4 Å². The number of aromatic nitrogens is 2. The van der Waals surface area contributed by atoms with Crippen molar-refractivity contribution >= 4 is 0 Å². The summed E-state index contributed by atoms with van der Waals surface area (Å²) in [4.78, 5) is 0. The lowest BCUT2D eigenvalue weighted by atomic mass is 9.86. The van der Waals surface area contributed by atoms with Crippen LogP contribution < -0.4 is 0 Å². The molecule has 0 unspecified atom stereocenters. The Bertz CT molecular complexity index is 506. The Hall–Kier alpha value is -1.61. The number of hydrogen-bond donors (Lipinski definition) is 1. The average molecular weight is 244 g/mol.